The van der Waals surface area contributed by atoms with E-state index < -0.39 is 0 Å². The van der Waals surface area contributed by atoms with Crippen LogP contribution in [0.3, 0.4) is 0 Å². The van der Waals surface area contributed by atoms with E-state index in [1.807, 2.05) is 6.07 Å². The number of likely N-dealkylation sites (tertiary alicyclic amines) is 1. The maximum atomic E-state index is 6.04. The van der Waals surface area contributed by atoms with Gasteiger partial charge in [0, 0.05) is 12.1 Å². The van der Waals surface area contributed by atoms with Crippen LogP contribution in [-0.4, -0.2) is 31.1 Å². The number of rotatable bonds is 6. The molecule has 106 valence electrons. The third-order valence-corrected chi connectivity index (χ3v) is 3.79. The van der Waals surface area contributed by atoms with Gasteiger partial charge in [0.25, 0.3) is 0 Å². The van der Waals surface area contributed by atoms with E-state index in [4.69, 9.17) is 10.5 Å². The van der Waals surface area contributed by atoms with Crippen LogP contribution in [0.25, 0.3) is 0 Å². The number of nitrogens with two attached hydrogens (primary N) is 1. The zero-order chi connectivity index (χ0) is 13.5. The number of hydrogen-bond donors (Lipinski definition) is 1. The van der Waals surface area contributed by atoms with E-state index >= 15 is 0 Å². The summed E-state index contributed by atoms with van der Waals surface area (Å²) in [5.74, 6) is 1.00. The highest BCUT2D eigenvalue weighted by Gasteiger charge is 2.23. The summed E-state index contributed by atoms with van der Waals surface area (Å²) in [6, 6.07) is 8.65. The van der Waals surface area contributed by atoms with Gasteiger partial charge in [0.05, 0.1) is 12.6 Å². The summed E-state index contributed by atoms with van der Waals surface area (Å²) in [6.45, 7) is 5.88. The van der Waals surface area contributed by atoms with Crippen molar-refractivity contribution < 1.29 is 4.74 Å². The Labute approximate surface area is 116 Å². The quantitative estimate of drug-likeness (QED) is 0.856. The van der Waals surface area contributed by atoms with E-state index in [0.29, 0.717) is 12.6 Å². The lowest BCUT2D eigenvalue weighted by Crippen LogP contribution is -2.37. The molecule has 0 saturated carbocycles. The number of hydrogen-bond acceptors (Lipinski definition) is 3. The first kappa shape index (κ1) is 14.4. The molecule has 1 unspecified atom stereocenters. The number of benzene rings is 1. The molecule has 0 radical (unpaired) electrons. The minimum atomic E-state index is 0.299. The Morgan fingerprint density at radius 3 is 2.63 bits per heavy atom. The summed E-state index contributed by atoms with van der Waals surface area (Å²) < 4.78 is 5.88. The predicted octanol–water partition coefficient (Wildman–Crippen LogP) is 2.96. The summed E-state index contributed by atoms with van der Waals surface area (Å²) in [5, 5.41) is 0. The molecule has 19 heavy (non-hydrogen) atoms. The van der Waals surface area contributed by atoms with Crippen LogP contribution in [0.4, 0.5) is 0 Å². The molecule has 0 amide bonds. The third-order valence-electron chi connectivity index (χ3n) is 3.79. The van der Waals surface area contributed by atoms with Crippen LogP contribution in [-0.2, 0) is 0 Å². The fraction of sp³-hybridized carbons (Fsp3) is 0.625. The fourth-order valence-corrected chi connectivity index (χ4v) is 2.80. The molecule has 1 aromatic rings. The Hall–Kier alpha value is -1.06. The third kappa shape index (κ3) is 3.71. The van der Waals surface area contributed by atoms with Gasteiger partial charge < -0.3 is 10.5 Å². The first-order valence-corrected chi connectivity index (χ1v) is 7.52. The summed E-state index contributed by atoms with van der Waals surface area (Å²) in [4.78, 5) is 2.51. The van der Waals surface area contributed by atoms with Crippen LogP contribution >= 0.6 is 0 Å². The number of ether oxygens (including phenoxy) is 1. The summed E-state index contributed by atoms with van der Waals surface area (Å²) in [7, 11) is 0. The van der Waals surface area contributed by atoms with Crippen molar-refractivity contribution >= 4 is 0 Å². The zero-order valence-corrected chi connectivity index (χ0v) is 12.0. The molecular weight excluding hydrogens is 236 g/mol. The summed E-state index contributed by atoms with van der Waals surface area (Å²) >= 11 is 0. The molecule has 0 spiro atoms. The van der Waals surface area contributed by atoms with Gasteiger partial charge in [0.1, 0.15) is 5.75 Å². The summed E-state index contributed by atoms with van der Waals surface area (Å²) in [5.41, 5.74) is 7.29. The van der Waals surface area contributed by atoms with E-state index in [0.717, 1.165) is 31.9 Å². The van der Waals surface area contributed by atoms with Crippen molar-refractivity contribution in [3.63, 3.8) is 0 Å². The predicted molar refractivity (Wildman–Crippen MR) is 79.4 cm³/mol. The smallest absolute Gasteiger partial charge is 0.124 e. The van der Waals surface area contributed by atoms with Gasteiger partial charge in [-0.25, -0.2) is 0 Å². The second-order valence-electron chi connectivity index (χ2n) is 5.23. The molecule has 1 aliphatic heterocycles. The van der Waals surface area contributed by atoms with Crippen molar-refractivity contribution in [3.05, 3.63) is 29.8 Å². The molecule has 1 saturated heterocycles. The average molecular weight is 262 g/mol. The van der Waals surface area contributed by atoms with Crippen LogP contribution in [0.5, 0.6) is 5.75 Å². The van der Waals surface area contributed by atoms with Crippen molar-refractivity contribution in [2.24, 2.45) is 5.73 Å². The van der Waals surface area contributed by atoms with Crippen LogP contribution in [0.1, 0.15) is 44.2 Å². The van der Waals surface area contributed by atoms with Crippen molar-refractivity contribution in [2.45, 2.75) is 38.6 Å². The minimum Gasteiger partial charge on any atom is -0.493 e. The monoisotopic (exact) mass is 262 g/mol. The first-order chi connectivity index (χ1) is 9.36. The molecule has 0 aliphatic carbocycles. The molecule has 0 aromatic heterocycles. The second-order valence-corrected chi connectivity index (χ2v) is 5.23. The molecule has 3 nitrogen and oxygen atoms in total. The van der Waals surface area contributed by atoms with Gasteiger partial charge in [0.15, 0.2) is 0 Å². The SMILES string of the molecule is CCCOc1ccccc1C(CN)N1CCCCC1. The highest BCUT2D eigenvalue weighted by molar-refractivity contribution is 5.36. The van der Waals surface area contributed by atoms with E-state index in [1.54, 1.807) is 0 Å². The first-order valence-electron chi connectivity index (χ1n) is 7.52. The van der Waals surface area contributed by atoms with E-state index in [1.165, 1.54) is 24.8 Å². The number of para-hydroxylation sites is 1. The fourth-order valence-electron chi connectivity index (χ4n) is 2.80. The zero-order valence-electron chi connectivity index (χ0n) is 12.0. The standard InChI is InChI=1S/C16H26N2O/c1-2-12-19-16-9-5-4-8-14(16)15(13-17)18-10-6-3-7-11-18/h4-5,8-9,15H,2-3,6-7,10-13,17H2,1H3. The Balaban J connectivity index is 2.16. The molecule has 1 aromatic carbocycles. The lowest BCUT2D eigenvalue weighted by Gasteiger charge is -2.34. The lowest BCUT2D eigenvalue weighted by molar-refractivity contribution is 0.163. The molecule has 1 fully saturated rings. The van der Waals surface area contributed by atoms with Crippen molar-refractivity contribution in [1.29, 1.82) is 0 Å². The van der Waals surface area contributed by atoms with E-state index in [9.17, 15) is 0 Å². The van der Waals surface area contributed by atoms with Gasteiger partial charge in [-0.3, -0.25) is 4.90 Å². The Morgan fingerprint density at radius 2 is 1.95 bits per heavy atom. The van der Waals surface area contributed by atoms with Gasteiger partial charge in [-0.15, -0.1) is 0 Å². The van der Waals surface area contributed by atoms with Crippen LogP contribution < -0.4 is 10.5 Å². The van der Waals surface area contributed by atoms with Gasteiger partial charge in [-0.2, -0.15) is 0 Å². The van der Waals surface area contributed by atoms with Gasteiger partial charge in [0.2, 0.25) is 0 Å². The maximum absolute atomic E-state index is 6.04. The number of piperidine rings is 1. The summed E-state index contributed by atoms with van der Waals surface area (Å²) in [6.07, 6.45) is 4.95. The number of nitrogens with zero attached hydrogens (tertiary/aromatic N) is 1. The maximum Gasteiger partial charge on any atom is 0.124 e. The highest BCUT2D eigenvalue weighted by atomic mass is 16.5. The molecule has 1 atom stereocenters. The normalized spacial score (nSPS) is 18.2. The molecule has 0 bridgehead atoms. The topological polar surface area (TPSA) is 38.5 Å². The van der Waals surface area contributed by atoms with E-state index in [-0.39, 0.29) is 0 Å². The van der Waals surface area contributed by atoms with Crippen molar-refractivity contribution in [1.82, 2.24) is 4.90 Å². The molecule has 1 aliphatic rings. The highest BCUT2D eigenvalue weighted by Crippen LogP contribution is 2.30. The molecule has 2 N–H and O–H groups in total. The van der Waals surface area contributed by atoms with E-state index in [2.05, 4.69) is 30.0 Å². The van der Waals surface area contributed by atoms with Gasteiger partial charge in [-0.1, -0.05) is 31.5 Å². The van der Waals surface area contributed by atoms with Crippen LogP contribution in [0.2, 0.25) is 0 Å². The van der Waals surface area contributed by atoms with Gasteiger partial charge in [-0.05, 0) is 38.4 Å². The largest absolute Gasteiger partial charge is 0.493 e. The molecule has 2 rings (SSSR count). The molecule has 3 heteroatoms. The van der Waals surface area contributed by atoms with Crippen LogP contribution in [0.15, 0.2) is 24.3 Å². The van der Waals surface area contributed by atoms with Gasteiger partial charge >= 0.3 is 0 Å². The van der Waals surface area contributed by atoms with Crippen molar-refractivity contribution in [2.75, 3.05) is 26.2 Å². The van der Waals surface area contributed by atoms with Crippen molar-refractivity contribution in [3.8, 4) is 5.75 Å². The van der Waals surface area contributed by atoms with Crippen LogP contribution in [0, 0.1) is 0 Å². The Kier molecular flexibility index (Phi) is 5.67. The average Bonchev–Trinajstić information content (AvgIpc) is 2.48. The molecular formula is C16H26N2O. The Bertz CT molecular complexity index is 375. The second kappa shape index (κ2) is 7.51. The Morgan fingerprint density at radius 1 is 1.21 bits per heavy atom. The molecule has 1 heterocycles. The minimum absolute atomic E-state index is 0.299. The lowest BCUT2D eigenvalue weighted by atomic mass is 10.0.